The summed E-state index contributed by atoms with van der Waals surface area (Å²) in [7, 11) is 0. The zero-order valence-electron chi connectivity index (χ0n) is 24.3. The minimum Gasteiger partial charge on any atom is -0.444 e. The summed E-state index contributed by atoms with van der Waals surface area (Å²) >= 11 is 0. The van der Waals surface area contributed by atoms with E-state index in [9.17, 15) is 14.4 Å². The van der Waals surface area contributed by atoms with E-state index in [-0.39, 0.29) is 25.5 Å². The summed E-state index contributed by atoms with van der Waals surface area (Å²) in [5, 5.41) is 0. The lowest BCUT2D eigenvalue weighted by Gasteiger charge is -2.42. The zero-order chi connectivity index (χ0) is 28.8. The number of carbonyl (C=O) groups excluding carboxylic acids is 3. The first-order valence-corrected chi connectivity index (χ1v) is 13.5. The van der Waals surface area contributed by atoms with E-state index in [1.165, 1.54) is 9.80 Å². The third-order valence-electron chi connectivity index (χ3n) is 6.08. The molecule has 1 aliphatic heterocycles. The summed E-state index contributed by atoms with van der Waals surface area (Å²) in [5.74, 6) is -0.236. The van der Waals surface area contributed by atoms with Gasteiger partial charge in [-0.2, -0.15) is 0 Å². The predicted molar refractivity (Wildman–Crippen MR) is 148 cm³/mol. The Balaban J connectivity index is 1.85. The van der Waals surface area contributed by atoms with Crippen molar-refractivity contribution in [2.24, 2.45) is 0 Å². The normalized spacial score (nSPS) is 16.1. The molecule has 0 spiro atoms. The average Bonchev–Trinajstić information content (AvgIpc) is 3.26. The van der Waals surface area contributed by atoms with Crippen LogP contribution in [0.1, 0.15) is 59.2 Å². The molecule has 10 nitrogen and oxygen atoms in total. The highest BCUT2D eigenvalue weighted by Gasteiger charge is 2.41. The van der Waals surface area contributed by atoms with Crippen molar-refractivity contribution in [1.29, 1.82) is 0 Å². The SMILES string of the molecule is Cc1cn(CCCN(Cc2ccccc2)C(=O)[C@H]2CN(C(=O)OC(C)(C)C)CCN2C(=O)OC(C)(C)C)cn1. The molecule has 3 amide bonds. The van der Waals surface area contributed by atoms with E-state index in [0.717, 1.165) is 11.3 Å². The van der Waals surface area contributed by atoms with Crippen molar-refractivity contribution in [1.82, 2.24) is 24.3 Å². The van der Waals surface area contributed by atoms with Crippen molar-refractivity contribution in [2.75, 3.05) is 26.2 Å². The molecule has 0 saturated carbocycles. The zero-order valence-corrected chi connectivity index (χ0v) is 24.3. The molecule has 3 rings (SSSR count). The standard InChI is InChI=1S/C29H43N5O5/c1-22-18-31(21-30-22)14-11-15-32(19-23-12-9-8-10-13-23)25(35)24-20-33(26(36)38-28(2,3)4)16-17-34(24)27(37)39-29(5,6)7/h8-10,12-13,18,21,24H,11,14-17,19-20H2,1-7H3/t24-/m1/s1. The third kappa shape index (κ3) is 9.30. The lowest BCUT2D eigenvalue weighted by molar-refractivity contribution is -0.139. The molecule has 10 heteroatoms. The Labute approximate surface area is 231 Å². The second-order valence-corrected chi connectivity index (χ2v) is 12.0. The van der Waals surface area contributed by atoms with Crippen molar-refractivity contribution >= 4 is 18.1 Å². The number of piperazine rings is 1. The first kappa shape index (κ1) is 30.0. The Morgan fingerprint density at radius 3 is 2.21 bits per heavy atom. The lowest BCUT2D eigenvalue weighted by atomic mass is 10.1. The molecule has 1 fully saturated rings. The maximum atomic E-state index is 14.2. The highest BCUT2D eigenvalue weighted by molar-refractivity contribution is 5.87. The van der Waals surface area contributed by atoms with Gasteiger partial charge in [0.1, 0.15) is 17.2 Å². The summed E-state index contributed by atoms with van der Waals surface area (Å²) in [6, 6.07) is 8.84. The van der Waals surface area contributed by atoms with Gasteiger partial charge in [0.05, 0.1) is 18.6 Å². The van der Waals surface area contributed by atoms with Crippen molar-refractivity contribution in [3.05, 3.63) is 54.1 Å². The quantitative estimate of drug-likeness (QED) is 0.513. The Bertz CT molecular complexity index is 1120. The first-order chi connectivity index (χ1) is 18.2. The van der Waals surface area contributed by atoms with Crippen LogP contribution < -0.4 is 0 Å². The number of aryl methyl sites for hydroxylation is 2. The molecule has 0 N–H and O–H groups in total. The van der Waals surface area contributed by atoms with Gasteiger partial charge in [-0.25, -0.2) is 14.6 Å². The molecule has 1 saturated heterocycles. The van der Waals surface area contributed by atoms with Crippen LogP contribution in [-0.2, 0) is 27.4 Å². The van der Waals surface area contributed by atoms with E-state index < -0.39 is 29.4 Å². The van der Waals surface area contributed by atoms with Crippen molar-refractivity contribution in [3.63, 3.8) is 0 Å². The van der Waals surface area contributed by atoms with Crippen LogP contribution in [0.25, 0.3) is 0 Å². The Morgan fingerprint density at radius 1 is 0.974 bits per heavy atom. The monoisotopic (exact) mass is 541 g/mol. The number of carbonyl (C=O) groups is 3. The van der Waals surface area contributed by atoms with Crippen LogP contribution in [0.5, 0.6) is 0 Å². The van der Waals surface area contributed by atoms with Crippen molar-refractivity contribution < 1.29 is 23.9 Å². The Hall–Kier alpha value is -3.56. The summed E-state index contributed by atoms with van der Waals surface area (Å²) < 4.78 is 13.2. The van der Waals surface area contributed by atoms with Gasteiger partial charge in [-0.1, -0.05) is 30.3 Å². The van der Waals surface area contributed by atoms with Crippen molar-refractivity contribution in [3.8, 4) is 0 Å². The van der Waals surface area contributed by atoms with Gasteiger partial charge in [-0.15, -0.1) is 0 Å². The Kier molecular flexibility index (Phi) is 9.63. The summed E-state index contributed by atoms with van der Waals surface area (Å²) in [6.45, 7) is 14.7. The number of hydrogen-bond donors (Lipinski definition) is 0. The minimum absolute atomic E-state index is 0.0268. The summed E-state index contributed by atoms with van der Waals surface area (Å²) in [4.78, 5) is 49.3. The fraction of sp³-hybridized carbons (Fsp3) is 0.586. The number of imidazole rings is 1. The van der Waals surface area contributed by atoms with E-state index in [0.29, 0.717) is 26.1 Å². The number of ether oxygens (including phenoxy) is 2. The molecule has 214 valence electrons. The fourth-order valence-corrected chi connectivity index (χ4v) is 4.35. The average molecular weight is 542 g/mol. The van der Waals surface area contributed by atoms with Gasteiger partial charge in [0, 0.05) is 38.9 Å². The summed E-state index contributed by atoms with van der Waals surface area (Å²) in [6.07, 6.45) is 3.37. The third-order valence-corrected chi connectivity index (χ3v) is 6.08. The number of aromatic nitrogens is 2. The van der Waals surface area contributed by atoms with E-state index >= 15 is 0 Å². The van der Waals surface area contributed by atoms with Crippen LogP contribution in [0.15, 0.2) is 42.9 Å². The number of nitrogens with zero attached hydrogens (tertiary/aromatic N) is 5. The van der Waals surface area contributed by atoms with Gasteiger partial charge in [-0.05, 0) is 60.5 Å². The van der Waals surface area contributed by atoms with E-state index in [2.05, 4.69) is 4.98 Å². The maximum Gasteiger partial charge on any atom is 0.411 e. The number of hydrogen-bond acceptors (Lipinski definition) is 6. The van der Waals surface area contributed by atoms with Gasteiger partial charge in [-0.3, -0.25) is 9.69 Å². The topological polar surface area (TPSA) is 97.2 Å². The second kappa shape index (κ2) is 12.5. The highest BCUT2D eigenvalue weighted by Crippen LogP contribution is 2.21. The molecule has 2 heterocycles. The van der Waals surface area contributed by atoms with Gasteiger partial charge < -0.3 is 23.8 Å². The predicted octanol–water partition coefficient (Wildman–Crippen LogP) is 4.47. The molecule has 0 unspecified atom stereocenters. The molecule has 1 aromatic carbocycles. The number of amides is 3. The lowest BCUT2D eigenvalue weighted by Crippen LogP contribution is -2.62. The van der Waals surface area contributed by atoms with Crippen molar-refractivity contribution in [2.45, 2.75) is 85.2 Å². The number of rotatable bonds is 7. The van der Waals surface area contributed by atoms with E-state index in [1.54, 1.807) is 52.8 Å². The van der Waals surface area contributed by atoms with Gasteiger partial charge >= 0.3 is 12.2 Å². The van der Waals surface area contributed by atoms with E-state index in [4.69, 9.17) is 9.47 Å². The molecular formula is C29H43N5O5. The molecule has 0 radical (unpaired) electrons. The fourth-order valence-electron chi connectivity index (χ4n) is 4.35. The van der Waals surface area contributed by atoms with Crippen LogP contribution in [0.4, 0.5) is 9.59 Å². The van der Waals surface area contributed by atoms with E-state index in [1.807, 2.05) is 48.0 Å². The van der Waals surface area contributed by atoms with Gasteiger partial charge in [0.25, 0.3) is 0 Å². The first-order valence-electron chi connectivity index (χ1n) is 13.5. The van der Waals surface area contributed by atoms with Crippen LogP contribution >= 0.6 is 0 Å². The molecule has 1 aromatic heterocycles. The molecule has 0 bridgehead atoms. The van der Waals surface area contributed by atoms with Gasteiger partial charge in [0.2, 0.25) is 5.91 Å². The summed E-state index contributed by atoms with van der Waals surface area (Å²) in [5.41, 5.74) is 0.515. The molecule has 1 atom stereocenters. The number of benzene rings is 1. The molecular weight excluding hydrogens is 498 g/mol. The van der Waals surface area contributed by atoms with Gasteiger partial charge in [0.15, 0.2) is 0 Å². The highest BCUT2D eigenvalue weighted by atomic mass is 16.6. The van der Waals surface area contributed by atoms with Crippen LogP contribution in [0.2, 0.25) is 0 Å². The minimum atomic E-state index is -0.902. The smallest absolute Gasteiger partial charge is 0.411 e. The second-order valence-electron chi connectivity index (χ2n) is 12.0. The molecule has 2 aromatic rings. The van der Waals surface area contributed by atoms with Crippen LogP contribution in [0, 0.1) is 6.92 Å². The maximum absolute atomic E-state index is 14.2. The largest absolute Gasteiger partial charge is 0.444 e. The van der Waals surface area contributed by atoms with Crippen LogP contribution in [0.3, 0.4) is 0 Å². The Morgan fingerprint density at radius 2 is 1.62 bits per heavy atom. The molecule has 0 aliphatic carbocycles. The molecule has 1 aliphatic rings. The van der Waals surface area contributed by atoms with Crippen LogP contribution in [-0.4, -0.2) is 85.8 Å². The molecule has 39 heavy (non-hydrogen) atoms.